The minimum absolute atomic E-state index is 0.0883. The average Bonchev–Trinajstić information content (AvgIpc) is 3.17. The molecule has 0 bridgehead atoms. The first-order valence-corrected chi connectivity index (χ1v) is 13.4. The molecule has 1 aliphatic rings. The third-order valence-electron chi connectivity index (χ3n) is 6.11. The van der Waals surface area contributed by atoms with Crippen LogP contribution >= 0.6 is 23.2 Å². The van der Waals surface area contributed by atoms with Crippen molar-refractivity contribution in [3.05, 3.63) is 82.7 Å². The number of fused-ring (bicyclic) bond motifs is 3. The van der Waals surface area contributed by atoms with Crippen LogP contribution in [0, 0.1) is 0 Å². The van der Waals surface area contributed by atoms with Gasteiger partial charge in [0.2, 0.25) is 0 Å². The van der Waals surface area contributed by atoms with E-state index in [1.807, 2.05) is 28.8 Å². The first kappa shape index (κ1) is 26.5. The van der Waals surface area contributed by atoms with Crippen molar-refractivity contribution in [3.63, 3.8) is 0 Å². The van der Waals surface area contributed by atoms with Gasteiger partial charge < -0.3 is 19.1 Å². The van der Waals surface area contributed by atoms with Crippen molar-refractivity contribution in [2.75, 3.05) is 13.7 Å². The van der Waals surface area contributed by atoms with Crippen molar-refractivity contribution in [1.29, 1.82) is 0 Å². The number of aromatic nitrogens is 1. The lowest BCUT2D eigenvalue weighted by atomic mass is 10.1. The van der Waals surface area contributed by atoms with Gasteiger partial charge in [0.15, 0.2) is 9.92 Å². The number of nitrogens with one attached hydrogen (secondary N) is 1. The van der Waals surface area contributed by atoms with Crippen LogP contribution in [0.5, 0.6) is 5.75 Å². The third-order valence-corrected chi connectivity index (χ3v) is 8.52. The molecule has 38 heavy (non-hydrogen) atoms. The number of halogens is 5. The fourth-order valence-electron chi connectivity index (χ4n) is 4.46. The van der Waals surface area contributed by atoms with Crippen molar-refractivity contribution in [2.45, 2.75) is 23.4 Å². The van der Waals surface area contributed by atoms with E-state index in [-0.39, 0.29) is 17.2 Å². The fraction of sp³-hybridized carbons (Fsp3) is 0.200. The van der Waals surface area contributed by atoms with Crippen LogP contribution in [0.15, 0.2) is 81.9 Å². The Kier molecular flexibility index (Phi) is 6.89. The lowest BCUT2D eigenvalue weighted by Gasteiger charge is -2.32. The topological polar surface area (TPSA) is 85.1 Å². The summed E-state index contributed by atoms with van der Waals surface area (Å²) in [6.07, 6.45) is -4.80. The number of ether oxygens (including phenoxy) is 2. The highest BCUT2D eigenvalue weighted by atomic mass is 35.5. The van der Waals surface area contributed by atoms with Gasteiger partial charge in [-0.3, -0.25) is 4.72 Å². The summed E-state index contributed by atoms with van der Waals surface area (Å²) in [6, 6.07) is 14.6. The molecule has 2 N–H and O–H groups in total. The van der Waals surface area contributed by atoms with Gasteiger partial charge in [0, 0.05) is 38.9 Å². The van der Waals surface area contributed by atoms with E-state index in [1.165, 1.54) is 25.4 Å². The summed E-state index contributed by atoms with van der Waals surface area (Å²) in [7, 11) is -2.11. The Labute approximate surface area is 225 Å². The lowest BCUT2D eigenvalue weighted by molar-refractivity contribution is -0.274. The maximum atomic E-state index is 13.7. The van der Waals surface area contributed by atoms with E-state index < -0.39 is 34.2 Å². The monoisotopic (exact) mass is 585 g/mol. The molecule has 0 aliphatic carbocycles. The van der Waals surface area contributed by atoms with Crippen molar-refractivity contribution in [2.24, 2.45) is 4.36 Å². The molecule has 200 valence electrons. The van der Waals surface area contributed by atoms with Crippen molar-refractivity contribution in [1.82, 2.24) is 9.29 Å². The minimum Gasteiger partial charge on any atom is -0.497 e. The van der Waals surface area contributed by atoms with Gasteiger partial charge in [-0.25, -0.2) is 8.57 Å². The van der Waals surface area contributed by atoms with Crippen LogP contribution in [0.4, 0.5) is 13.2 Å². The largest absolute Gasteiger partial charge is 0.573 e. The zero-order valence-electron chi connectivity index (χ0n) is 19.6. The molecule has 0 saturated heterocycles. The van der Waals surface area contributed by atoms with E-state index in [4.69, 9.17) is 27.9 Å². The van der Waals surface area contributed by atoms with Gasteiger partial charge in [0.25, 0.3) is 0 Å². The van der Waals surface area contributed by atoms with Crippen LogP contribution in [0.3, 0.4) is 0 Å². The van der Waals surface area contributed by atoms with Crippen LogP contribution in [-0.2, 0) is 14.7 Å². The minimum atomic E-state index is -4.86. The maximum Gasteiger partial charge on any atom is 0.573 e. The zero-order chi connectivity index (χ0) is 27.2. The second-order valence-corrected chi connectivity index (χ2v) is 11.4. The molecular formula is C25H20Cl2F3N3O4S. The van der Waals surface area contributed by atoms with Crippen LogP contribution in [0.1, 0.15) is 6.04 Å². The number of alkyl halides is 3. The standard InChI is InChI=1S/C25H20Cl2F3N3O4S/c1-31-38(35,17-6-4-16(5-7-17)37-25(28,29)30)32-20-12-36-13-23(24(20)34)33-21-8-2-14(26)10-18(21)19-11-15(27)3-9-22(19)33/h2-12,23-24,34H,13H2,1H3,(H,31,32,35)/t23-,24+,38?/m0/s1. The molecule has 0 amide bonds. The number of aliphatic hydroxyl groups excluding tert-OH is 1. The quantitative estimate of drug-likeness (QED) is 0.282. The van der Waals surface area contributed by atoms with Gasteiger partial charge in [-0.1, -0.05) is 23.2 Å². The summed E-state index contributed by atoms with van der Waals surface area (Å²) >= 11 is 12.5. The number of aliphatic hydroxyl groups is 1. The van der Waals surface area contributed by atoms with E-state index in [1.54, 1.807) is 12.1 Å². The molecule has 2 heterocycles. The van der Waals surface area contributed by atoms with Gasteiger partial charge in [0.1, 0.15) is 24.7 Å². The van der Waals surface area contributed by atoms with Crippen LogP contribution in [0.2, 0.25) is 10.0 Å². The normalized spacial score (nSPS) is 19.5. The van der Waals surface area contributed by atoms with Gasteiger partial charge in [-0.05, 0) is 60.7 Å². The molecule has 7 nitrogen and oxygen atoms in total. The van der Waals surface area contributed by atoms with Crippen LogP contribution in [-0.4, -0.2) is 40.0 Å². The molecule has 5 rings (SSSR count). The number of hydrogen-bond donors (Lipinski definition) is 2. The molecule has 0 saturated carbocycles. The molecule has 0 spiro atoms. The van der Waals surface area contributed by atoms with Crippen LogP contribution < -0.4 is 9.46 Å². The Hall–Kier alpha value is -3.12. The zero-order valence-corrected chi connectivity index (χ0v) is 21.9. The Morgan fingerprint density at radius 2 is 1.63 bits per heavy atom. The summed E-state index contributed by atoms with van der Waals surface area (Å²) in [5.41, 5.74) is 1.65. The first-order chi connectivity index (χ1) is 18.0. The highest BCUT2D eigenvalue weighted by Crippen LogP contribution is 2.38. The SMILES string of the molecule is CN=S(=O)(NC1=COC[C@H](n2c3ccc(Cl)cc3c3cc(Cl)ccc32)[C@@H]1O)c1ccc(OC(F)(F)F)cc1. The molecule has 0 radical (unpaired) electrons. The van der Waals surface area contributed by atoms with Gasteiger partial charge in [-0.15, -0.1) is 13.2 Å². The molecule has 3 aromatic carbocycles. The molecule has 3 atom stereocenters. The number of nitrogens with zero attached hydrogens (tertiary/aromatic N) is 2. The second-order valence-electron chi connectivity index (χ2n) is 8.44. The highest BCUT2D eigenvalue weighted by molar-refractivity contribution is 7.91. The molecular weight excluding hydrogens is 566 g/mol. The molecule has 4 aromatic rings. The number of hydrogen-bond acceptors (Lipinski definition) is 5. The van der Waals surface area contributed by atoms with Crippen molar-refractivity contribution >= 4 is 54.9 Å². The van der Waals surface area contributed by atoms with Gasteiger partial charge in [0.05, 0.1) is 16.6 Å². The fourth-order valence-corrected chi connectivity index (χ4v) is 6.21. The van der Waals surface area contributed by atoms with Crippen molar-refractivity contribution in [3.8, 4) is 5.75 Å². The van der Waals surface area contributed by atoms with E-state index >= 15 is 0 Å². The predicted molar refractivity (Wildman–Crippen MR) is 140 cm³/mol. The summed E-state index contributed by atoms with van der Waals surface area (Å²) < 4.78 is 69.3. The summed E-state index contributed by atoms with van der Waals surface area (Å²) in [6.45, 7) is 0.102. The Balaban J connectivity index is 1.49. The first-order valence-electron chi connectivity index (χ1n) is 11.2. The number of benzene rings is 3. The highest BCUT2D eigenvalue weighted by Gasteiger charge is 2.34. The molecule has 1 aliphatic heterocycles. The summed E-state index contributed by atoms with van der Waals surface area (Å²) in [4.78, 5) is 0.0888. The average molecular weight is 586 g/mol. The van der Waals surface area contributed by atoms with E-state index in [0.29, 0.717) is 10.0 Å². The summed E-state index contributed by atoms with van der Waals surface area (Å²) in [5, 5.41) is 14.2. The van der Waals surface area contributed by atoms with Crippen LogP contribution in [0.25, 0.3) is 21.8 Å². The maximum absolute atomic E-state index is 13.7. The van der Waals surface area contributed by atoms with Gasteiger partial charge in [-0.2, -0.15) is 0 Å². The Bertz CT molecular complexity index is 1620. The third kappa shape index (κ3) is 4.98. The van der Waals surface area contributed by atoms with E-state index in [0.717, 1.165) is 33.9 Å². The van der Waals surface area contributed by atoms with Gasteiger partial charge >= 0.3 is 6.36 Å². The predicted octanol–water partition coefficient (Wildman–Crippen LogP) is 6.44. The molecule has 13 heteroatoms. The Morgan fingerprint density at radius 1 is 1.05 bits per heavy atom. The van der Waals surface area contributed by atoms with E-state index in [2.05, 4.69) is 13.8 Å². The van der Waals surface area contributed by atoms with E-state index in [9.17, 15) is 22.5 Å². The second kappa shape index (κ2) is 9.88. The van der Waals surface area contributed by atoms with Crippen molar-refractivity contribution < 1.29 is 32.0 Å². The molecule has 1 aromatic heterocycles. The molecule has 1 unspecified atom stereocenters. The smallest absolute Gasteiger partial charge is 0.497 e. The Morgan fingerprint density at radius 3 is 2.16 bits per heavy atom. The number of rotatable bonds is 5. The summed E-state index contributed by atoms with van der Waals surface area (Å²) in [5.74, 6) is -0.467. The lowest BCUT2D eigenvalue weighted by Crippen LogP contribution is -2.39. The molecule has 0 fully saturated rings.